The molecule has 19 heavy (non-hydrogen) atoms. The summed E-state index contributed by atoms with van der Waals surface area (Å²) < 4.78 is 22.9. The second kappa shape index (κ2) is 4.72. The van der Waals surface area contributed by atoms with Gasteiger partial charge in [0.2, 0.25) is 0 Å². The number of rotatable bonds is 4. The topological polar surface area (TPSA) is 116 Å². The van der Waals surface area contributed by atoms with Gasteiger partial charge in [-0.25, -0.2) is 9.18 Å². The number of nitro benzene ring substituents is 1. The first-order valence-corrected chi connectivity index (χ1v) is 4.78. The quantitative estimate of drug-likeness (QED) is 0.667. The van der Waals surface area contributed by atoms with Crippen LogP contribution < -0.4 is 4.74 Å². The van der Waals surface area contributed by atoms with Gasteiger partial charge in [-0.15, -0.1) is 0 Å². The first-order valence-electron chi connectivity index (χ1n) is 4.78. The molecule has 2 rings (SSSR count). The molecule has 0 fully saturated rings. The minimum Gasteiger partial charge on any atom is -0.476 e. The van der Waals surface area contributed by atoms with E-state index in [2.05, 4.69) is 9.40 Å². The highest BCUT2D eigenvalue weighted by molar-refractivity contribution is 5.84. The van der Waals surface area contributed by atoms with E-state index < -0.39 is 34.2 Å². The molecule has 1 aromatic heterocycles. The summed E-state index contributed by atoms with van der Waals surface area (Å²) in [5.74, 6) is -2.70. The second-order valence-corrected chi connectivity index (χ2v) is 3.28. The van der Waals surface area contributed by atoms with E-state index in [1.807, 2.05) is 0 Å². The summed E-state index contributed by atoms with van der Waals surface area (Å²) in [5, 5.41) is 19.0. The summed E-state index contributed by atoms with van der Waals surface area (Å²) in [4.78, 5) is 23.6. The number of carbonyl (C=O) groups is 1. The lowest BCUT2D eigenvalue weighted by Gasteiger charge is -2.01. The van der Waals surface area contributed by atoms with Crippen molar-refractivity contribution in [2.24, 2.45) is 0 Å². The maximum atomic E-state index is 13.4. The number of non-ortho nitro benzene ring substituents is 1. The van der Waals surface area contributed by atoms with Gasteiger partial charge in [-0.1, -0.05) is 0 Å². The van der Waals surface area contributed by atoms with Gasteiger partial charge in [-0.3, -0.25) is 10.1 Å². The van der Waals surface area contributed by atoms with E-state index in [1.165, 1.54) is 0 Å². The van der Waals surface area contributed by atoms with Crippen LogP contribution in [0.5, 0.6) is 11.8 Å². The van der Waals surface area contributed by atoms with E-state index in [-0.39, 0.29) is 5.75 Å². The third-order valence-electron chi connectivity index (χ3n) is 2.03. The summed E-state index contributed by atoms with van der Waals surface area (Å²) >= 11 is 0. The summed E-state index contributed by atoms with van der Waals surface area (Å²) in [7, 11) is 0. The van der Waals surface area contributed by atoms with Gasteiger partial charge in [0.25, 0.3) is 5.69 Å². The van der Waals surface area contributed by atoms with Crippen molar-refractivity contribution in [2.75, 3.05) is 0 Å². The Balaban J connectivity index is 2.23. The third kappa shape index (κ3) is 2.65. The molecule has 0 spiro atoms. The lowest BCUT2D eigenvalue weighted by atomic mass is 10.3. The molecule has 1 N–H and O–H groups in total. The zero-order chi connectivity index (χ0) is 14.0. The van der Waals surface area contributed by atoms with Crippen molar-refractivity contribution in [1.29, 1.82) is 0 Å². The molecule has 0 amide bonds. The third-order valence-corrected chi connectivity index (χ3v) is 2.03. The minimum atomic E-state index is -1.33. The molecule has 2 aromatic rings. The molecule has 9 heteroatoms. The normalized spacial score (nSPS) is 10.2. The van der Waals surface area contributed by atoms with Crippen molar-refractivity contribution in [3.63, 3.8) is 0 Å². The van der Waals surface area contributed by atoms with Gasteiger partial charge < -0.3 is 14.3 Å². The number of nitro groups is 1. The van der Waals surface area contributed by atoms with Crippen LogP contribution in [0.3, 0.4) is 0 Å². The molecule has 1 aromatic carbocycles. The highest BCUT2D eigenvalue weighted by atomic mass is 19.1. The monoisotopic (exact) mass is 268 g/mol. The van der Waals surface area contributed by atoms with Crippen molar-refractivity contribution in [2.45, 2.75) is 0 Å². The number of aromatic carboxylic acids is 1. The highest BCUT2D eigenvalue weighted by Gasteiger charge is 2.16. The number of oxazole rings is 1. The number of carboxylic acid groups (broad SMARTS) is 1. The summed E-state index contributed by atoms with van der Waals surface area (Å²) in [6, 6.07) is 2.70. The molecule has 0 aliphatic heterocycles. The highest BCUT2D eigenvalue weighted by Crippen LogP contribution is 2.26. The van der Waals surface area contributed by atoms with Crippen LogP contribution in [0.1, 0.15) is 10.5 Å². The Kier molecular flexibility index (Phi) is 3.10. The molecular weight excluding hydrogens is 263 g/mol. The summed E-state index contributed by atoms with van der Waals surface area (Å²) in [5.41, 5.74) is -0.846. The summed E-state index contributed by atoms with van der Waals surface area (Å²) in [6.45, 7) is 0. The Hall–Kier alpha value is -2.97. The van der Waals surface area contributed by atoms with E-state index in [0.717, 1.165) is 18.4 Å². The number of hydrogen-bond donors (Lipinski definition) is 1. The van der Waals surface area contributed by atoms with E-state index >= 15 is 0 Å². The van der Waals surface area contributed by atoms with E-state index in [4.69, 9.17) is 9.84 Å². The van der Waals surface area contributed by atoms with Gasteiger partial charge in [0.1, 0.15) is 6.26 Å². The van der Waals surface area contributed by atoms with Crippen LogP contribution in [-0.2, 0) is 0 Å². The standard InChI is InChI=1S/C10H5FN2O6/c11-6-3-5(13(16)17)1-2-8(6)19-10-12-7(4-18-10)9(14)15/h1-4H,(H,14,15). The predicted octanol–water partition coefficient (Wildman–Crippen LogP) is 2.21. The van der Waals surface area contributed by atoms with Gasteiger partial charge in [-0.05, 0) is 6.07 Å². The fourth-order valence-corrected chi connectivity index (χ4v) is 1.18. The molecule has 0 saturated heterocycles. The Morgan fingerprint density at radius 3 is 2.79 bits per heavy atom. The lowest BCUT2D eigenvalue weighted by Crippen LogP contribution is -1.96. The predicted molar refractivity (Wildman–Crippen MR) is 56.6 cm³/mol. The SMILES string of the molecule is O=C(O)c1coc(Oc2ccc([N+](=O)[O-])cc2F)n1. The summed E-state index contributed by atoms with van der Waals surface area (Å²) in [6.07, 6.45) is 0.339. The largest absolute Gasteiger partial charge is 0.476 e. The van der Waals surface area contributed by atoms with Crippen LogP contribution in [0.25, 0.3) is 0 Å². The zero-order valence-corrected chi connectivity index (χ0v) is 9.07. The van der Waals surface area contributed by atoms with Gasteiger partial charge in [0, 0.05) is 6.07 Å². The first-order chi connectivity index (χ1) is 8.97. The van der Waals surface area contributed by atoms with Crippen molar-refractivity contribution in [3.05, 3.63) is 46.1 Å². The number of hydrogen-bond acceptors (Lipinski definition) is 6. The van der Waals surface area contributed by atoms with Crippen LogP contribution in [0.15, 0.2) is 28.9 Å². The van der Waals surface area contributed by atoms with Crippen molar-refractivity contribution < 1.29 is 28.4 Å². The first kappa shape index (κ1) is 12.5. The van der Waals surface area contributed by atoms with E-state index in [1.54, 1.807) is 0 Å². The van der Waals surface area contributed by atoms with Gasteiger partial charge in [0.15, 0.2) is 17.3 Å². The van der Waals surface area contributed by atoms with Crippen molar-refractivity contribution >= 4 is 11.7 Å². The maximum Gasteiger partial charge on any atom is 0.400 e. The average molecular weight is 268 g/mol. The molecule has 8 nitrogen and oxygen atoms in total. The molecule has 0 bridgehead atoms. The number of halogens is 1. The number of carboxylic acids is 1. The van der Waals surface area contributed by atoms with Gasteiger partial charge in [-0.2, -0.15) is 4.98 Å². The fraction of sp³-hybridized carbons (Fsp3) is 0. The number of aromatic nitrogens is 1. The Morgan fingerprint density at radius 2 is 2.26 bits per heavy atom. The zero-order valence-electron chi connectivity index (χ0n) is 9.07. The van der Waals surface area contributed by atoms with Crippen molar-refractivity contribution in [3.8, 4) is 11.8 Å². The number of benzene rings is 1. The lowest BCUT2D eigenvalue weighted by molar-refractivity contribution is -0.385. The molecule has 0 atom stereocenters. The van der Waals surface area contributed by atoms with Crippen LogP contribution in [0.2, 0.25) is 0 Å². The van der Waals surface area contributed by atoms with E-state index in [9.17, 15) is 19.3 Å². The van der Waals surface area contributed by atoms with E-state index in [0.29, 0.717) is 6.07 Å². The number of nitrogens with zero attached hydrogens (tertiary/aromatic N) is 2. The molecular formula is C10H5FN2O6. The smallest absolute Gasteiger partial charge is 0.400 e. The molecule has 0 aliphatic rings. The average Bonchev–Trinajstić information content (AvgIpc) is 2.80. The van der Waals surface area contributed by atoms with Crippen molar-refractivity contribution in [1.82, 2.24) is 4.98 Å². The molecule has 0 aliphatic carbocycles. The Labute approximate surface area is 104 Å². The molecule has 1 heterocycles. The van der Waals surface area contributed by atoms with Crippen LogP contribution in [0.4, 0.5) is 10.1 Å². The van der Waals surface area contributed by atoms with Crippen LogP contribution >= 0.6 is 0 Å². The maximum absolute atomic E-state index is 13.4. The molecule has 98 valence electrons. The van der Waals surface area contributed by atoms with Crippen LogP contribution in [-0.4, -0.2) is 21.0 Å². The number of ether oxygens (including phenoxy) is 1. The molecule has 0 radical (unpaired) electrons. The molecule has 0 unspecified atom stereocenters. The Bertz CT molecular complexity index is 653. The Morgan fingerprint density at radius 1 is 1.53 bits per heavy atom. The fourth-order valence-electron chi connectivity index (χ4n) is 1.18. The van der Waals surface area contributed by atoms with Gasteiger partial charge >= 0.3 is 12.0 Å². The van der Waals surface area contributed by atoms with Crippen LogP contribution in [0, 0.1) is 15.9 Å². The minimum absolute atomic E-state index is 0.371. The van der Waals surface area contributed by atoms with Gasteiger partial charge in [0.05, 0.1) is 11.0 Å². The second-order valence-electron chi connectivity index (χ2n) is 3.28. The molecule has 0 saturated carbocycles.